The van der Waals surface area contributed by atoms with E-state index in [4.69, 9.17) is 9.47 Å². The number of hydrogen-bond donors (Lipinski definition) is 1. The van der Waals surface area contributed by atoms with Gasteiger partial charge < -0.3 is 19.7 Å². The highest BCUT2D eigenvalue weighted by Gasteiger charge is 2.18. The Hall–Kier alpha value is -4.57. The minimum atomic E-state index is -0.488. The van der Waals surface area contributed by atoms with Crippen LogP contribution in [0.15, 0.2) is 72.3 Å². The van der Waals surface area contributed by atoms with Gasteiger partial charge in [-0.25, -0.2) is 0 Å². The van der Waals surface area contributed by atoms with Gasteiger partial charge in [-0.3, -0.25) is 9.59 Å². The quantitative estimate of drug-likeness (QED) is 0.308. The van der Waals surface area contributed by atoms with E-state index >= 15 is 0 Å². The first-order valence-electron chi connectivity index (χ1n) is 12.7. The molecular formula is C31H31N3O4. The molecule has 7 nitrogen and oxygen atoms in total. The molecule has 38 heavy (non-hydrogen) atoms. The summed E-state index contributed by atoms with van der Waals surface area (Å²) < 4.78 is 11.5. The Kier molecular flexibility index (Phi) is 8.78. The molecular weight excluding hydrogens is 478 g/mol. The smallest absolute Gasteiger partial charge is 0.266 e. The zero-order valence-corrected chi connectivity index (χ0v) is 21.7. The number of likely N-dealkylation sites (tertiary alicyclic amines) is 1. The molecule has 3 aromatic rings. The summed E-state index contributed by atoms with van der Waals surface area (Å²) in [5.74, 6) is 0.595. The van der Waals surface area contributed by atoms with Crippen LogP contribution < -0.4 is 14.8 Å². The molecule has 0 aromatic heterocycles. The van der Waals surface area contributed by atoms with Crippen LogP contribution in [0.1, 0.15) is 46.3 Å². The number of hydrogen-bond acceptors (Lipinski definition) is 5. The summed E-state index contributed by atoms with van der Waals surface area (Å²) in [6.07, 6.45) is 4.82. The van der Waals surface area contributed by atoms with Gasteiger partial charge in [0.25, 0.3) is 11.8 Å². The van der Waals surface area contributed by atoms with E-state index in [0.717, 1.165) is 37.1 Å². The third-order valence-corrected chi connectivity index (χ3v) is 6.41. The number of nitrogens with zero attached hydrogens (tertiary/aromatic N) is 2. The molecule has 0 bridgehead atoms. The lowest BCUT2D eigenvalue weighted by Crippen LogP contribution is -2.35. The minimum Gasteiger partial charge on any atom is -0.493 e. The molecule has 4 rings (SSSR count). The van der Waals surface area contributed by atoms with E-state index in [-0.39, 0.29) is 11.5 Å². The predicted octanol–water partition coefficient (Wildman–Crippen LogP) is 5.75. The van der Waals surface area contributed by atoms with Crippen molar-refractivity contribution in [3.05, 3.63) is 94.6 Å². The first-order chi connectivity index (χ1) is 18.5. The molecule has 0 spiro atoms. The number of nitrogens with one attached hydrogen (secondary N) is 1. The molecule has 194 valence electrons. The minimum absolute atomic E-state index is 0.0273. The van der Waals surface area contributed by atoms with Gasteiger partial charge in [0.2, 0.25) is 0 Å². The maximum absolute atomic E-state index is 12.7. The summed E-state index contributed by atoms with van der Waals surface area (Å²) in [6.45, 7) is 3.90. The number of methoxy groups -OCH3 is 1. The monoisotopic (exact) mass is 509 g/mol. The summed E-state index contributed by atoms with van der Waals surface area (Å²) in [5, 5.41) is 12.3. The fraction of sp³-hybridized carbons (Fsp3) is 0.258. The maximum Gasteiger partial charge on any atom is 0.266 e. The van der Waals surface area contributed by atoms with E-state index in [1.54, 1.807) is 30.3 Å². The van der Waals surface area contributed by atoms with Crippen LogP contribution in [0.4, 0.5) is 5.69 Å². The Balaban J connectivity index is 1.40. The molecule has 0 saturated carbocycles. The van der Waals surface area contributed by atoms with Crippen LogP contribution >= 0.6 is 0 Å². The summed E-state index contributed by atoms with van der Waals surface area (Å²) >= 11 is 0. The van der Waals surface area contributed by atoms with Gasteiger partial charge in [-0.15, -0.1) is 0 Å². The summed E-state index contributed by atoms with van der Waals surface area (Å²) in [4.78, 5) is 27.2. The van der Waals surface area contributed by atoms with E-state index in [9.17, 15) is 14.9 Å². The molecule has 0 aliphatic carbocycles. The molecule has 0 unspecified atom stereocenters. The van der Waals surface area contributed by atoms with Gasteiger partial charge in [0.05, 0.1) is 7.11 Å². The largest absolute Gasteiger partial charge is 0.493 e. The van der Waals surface area contributed by atoms with Crippen LogP contribution in [-0.2, 0) is 11.4 Å². The Morgan fingerprint density at radius 1 is 0.974 bits per heavy atom. The fourth-order valence-electron chi connectivity index (χ4n) is 4.23. The van der Waals surface area contributed by atoms with Crippen molar-refractivity contribution in [2.24, 2.45) is 0 Å². The molecule has 1 N–H and O–H groups in total. The SMILES string of the molecule is COc1cc(/C=C(/C#N)C(=O)Nc2ccc(C)cc2)ccc1OCc1ccc(C(=O)N2CCCCC2)cc1. The number of amides is 2. The van der Waals surface area contributed by atoms with Gasteiger partial charge in [0.1, 0.15) is 18.2 Å². The number of benzene rings is 3. The van der Waals surface area contributed by atoms with Crippen LogP contribution in [0.25, 0.3) is 6.08 Å². The number of aryl methyl sites for hydroxylation is 1. The van der Waals surface area contributed by atoms with E-state index < -0.39 is 5.91 Å². The van der Waals surface area contributed by atoms with Crippen molar-refractivity contribution in [3.63, 3.8) is 0 Å². The topological polar surface area (TPSA) is 91.7 Å². The number of carbonyl (C=O) groups excluding carboxylic acids is 2. The lowest BCUT2D eigenvalue weighted by Gasteiger charge is -2.26. The number of nitriles is 1. The standard InChI is InChI=1S/C31H31N3O4/c1-22-6-13-27(14-7-22)33-30(35)26(20-32)18-24-10-15-28(29(19-24)37-2)38-21-23-8-11-25(12-9-23)31(36)34-16-4-3-5-17-34/h6-15,18-19H,3-5,16-17,21H2,1-2H3,(H,33,35)/b26-18-. The van der Waals surface area contributed by atoms with Crippen molar-refractivity contribution in [2.45, 2.75) is 32.8 Å². The van der Waals surface area contributed by atoms with Crippen molar-refractivity contribution >= 4 is 23.6 Å². The molecule has 1 fully saturated rings. The first kappa shape index (κ1) is 26.5. The van der Waals surface area contributed by atoms with Crippen LogP contribution in [-0.4, -0.2) is 36.9 Å². The number of rotatable bonds is 8. The second-order valence-corrected chi connectivity index (χ2v) is 9.24. The predicted molar refractivity (Wildman–Crippen MR) is 147 cm³/mol. The molecule has 2 amide bonds. The summed E-state index contributed by atoms with van der Waals surface area (Å²) in [5.41, 5.74) is 3.90. The van der Waals surface area contributed by atoms with E-state index in [1.165, 1.54) is 19.6 Å². The average molecular weight is 510 g/mol. The Bertz CT molecular complexity index is 1350. The number of ether oxygens (including phenoxy) is 2. The van der Waals surface area contributed by atoms with Crippen LogP contribution in [0.5, 0.6) is 11.5 Å². The van der Waals surface area contributed by atoms with Gasteiger partial charge in [-0.05, 0) is 79.8 Å². The number of carbonyl (C=O) groups is 2. The zero-order chi connectivity index (χ0) is 26.9. The third kappa shape index (κ3) is 6.80. The van der Waals surface area contributed by atoms with Crippen molar-refractivity contribution in [3.8, 4) is 17.6 Å². The van der Waals surface area contributed by atoms with Gasteiger partial charge in [-0.1, -0.05) is 35.9 Å². The van der Waals surface area contributed by atoms with Gasteiger partial charge >= 0.3 is 0 Å². The fourth-order valence-corrected chi connectivity index (χ4v) is 4.23. The van der Waals surface area contributed by atoms with Crippen LogP contribution in [0.2, 0.25) is 0 Å². The molecule has 1 saturated heterocycles. The lowest BCUT2D eigenvalue weighted by molar-refractivity contribution is -0.112. The van der Waals surface area contributed by atoms with Crippen molar-refractivity contribution in [2.75, 3.05) is 25.5 Å². The molecule has 0 radical (unpaired) electrons. The Morgan fingerprint density at radius 3 is 2.34 bits per heavy atom. The van der Waals surface area contributed by atoms with Crippen LogP contribution in [0, 0.1) is 18.3 Å². The van der Waals surface area contributed by atoms with Gasteiger partial charge in [0.15, 0.2) is 11.5 Å². The van der Waals surface area contributed by atoms with Gasteiger partial charge in [0, 0.05) is 24.3 Å². The van der Waals surface area contributed by atoms with Gasteiger partial charge in [-0.2, -0.15) is 5.26 Å². The third-order valence-electron chi connectivity index (χ3n) is 6.41. The van der Waals surface area contributed by atoms with Crippen molar-refractivity contribution in [1.82, 2.24) is 4.90 Å². The zero-order valence-electron chi connectivity index (χ0n) is 21.7. The Morgan fingerprint density at radius 2 is 1.68 bits per heavy atom. The lowest BCUT2D eigenvalue weighted by atomic mass is 10.1. The molecule has 1 aliphatic heterocycles. The van der Waals surface area contributed by atoms with E-state index in [2.05, 4.69) is 5.32 Å². The maximum atomic E-state index is 12.7. The second kappa shape index (κ2) is 12.6. The van der Waals surface area contributed by atoms with Crippen LogP contribution in [0.3, 0.4) is 0 Å². The Labute approximate surface area is 223 Å². The normalized spacial score (nSPS) is 13.4. The number of piperidine rings is 1. The molecule has 7 heteroatoms. The van der Waals surface area contributed by atoms with E-state index in [0.29, 0.717) is 34.9 Å². The summed E-state index contributed by atoms with van der Waals surface area (Å²) in [6, 6.07) is 22.0. The molecule has 0 atom stereocenters. The molecule has 1 aliphatic rings. The highest BCUT2D eigenvalue weighted by atomic mass is 16.5. The summed E-state index contributed by atoms with van der Waals surface area (Å²) in [7, 11) is 1.53. The second-order valence-electron chi connectivity index (χ2n) is 9.24. The van der Waals surface area contributed by atoms with Crippen molar-refractivity contribution in [1.29, 1.82) is 5.26 Å². The van der Waals surface area contributed by atoms with E-state index in [1.807, 2.05) is 54.3 Å². The van der Waals surface area contributed by atoms with Crippen molar-refractivity contribution < 1.29 is 19.1 Å². The average Bonchev–Trinajstić information content (AvgIpc) is 2.96. The number of anilines is 1. The highest BCUT2D eigenvalue weighted by Crippen LogP contribution is 2.30. The molecule has 3 aromatic carbocycles. The highest BCUT2D eigenvalue weighted by molar-refractivity contribution is 6.09. The first-order valence-corrected chi connectivity index (χ1v) is 12.7. The molecule has 1 heterocycles.